The summed E-state index contributed by atoms with van der Waals surface area (Å²) < 4.78 is 0. The van der Waals surface area contributed by atoms with Gasteiger partial charge in [-0.25, -0.2) is 0 Å². The van der Waals surface area contributed by atoms with E-state index in [1.165, 1.54) is 0 Å². The van der Waals surface area contributed by atoms with Gasteiger partial charge < -0.3 is 10.3 Å². The molecule has 0 aliphatic rings. The fourth-order valence-corrected chi connectivity index (χ4v) is 2.04. The van der Waals surface area contributed by atoms with Crippen molar-refractivity contribution in [3.05, 3.63) is 33.9 Å². The molecule has 0 aliphatic heterocycles. The molecular formula is C12H12Cl2N2O. The maximum atomic E-state index is 11.8. The van der Waals surface area contributed by atoms with Crippen molar-refractivity contribution in [3.8, 4) is 0 Å². The van der Waals surface area contributed by atoms with Crippen LogP contribution in [-0.2, 0) is 0 Å². The van der Waals surface area contributed by atoms with Gasteiger partial charge in [-0.1, -0.05) is 23.2 Å². The zero-order chi connectivity index (χ0) is 12.6. The lowest BCUT2D eigenvalue weighted by molar-refractivity contribution is 0.0939. The zero-order valence-corrected chi connectivity index (χ0v) is 11.0. The zero-order valence-electron chi connectivity index (χ0n) is 9.47. The Morgan fingerprint density at radius 1 is 1.29 bits per heavy atom. The molecule has 2 rings (SSSR count). The van der Waals surface area contributed by atoms with Crippen molar-refractivity contribution in [1.82, 2.24) is 10.3 Å². The molecule has 0 atom stereocenters. The van der Waals surface area contributed by atoms with Crippen LogP contribution in [-0.4, -0.2) is 16.9 Å². The standard InChI is InChI=1S/C12H12Cl2N2O/c1-6(2)15-12(17)10-5-7-8(13)3-4-9(14)11(7)16-10/h3-6,16H,1-2H3,(H,15,17). The molecule has 0 saturated heterocycles. The number of rotatable bonds is 2. The monoisotopic (exact) mass is 270 g/mol. The van der Waals surface area contributed by atoms with E-state index in [1.807, 2.05) is 13.8 Å². The van der Waals surface area contributed by atoms with E-state index in [-0.39, 0.29) is 11.9 Å². The summed E-state index contributed by atoms with van der Waals surface area (Å²) in [6.45, 7) is 3.81. The van der Waals surface area contributed by atoms with E-state index >= 15 is 0 Å². The van der Waals surface area contributed by atoms with E-state index in [2.05, 4.69) is 10.3 Å². The fraction of sp³-hybridized carbons (Fsp3) is 0.250. The number of carbonyl (C=O) groups is 1. The van der Waals surface area contributed by atoms with Gasteiger partial charge in [0.1, 0.15) is 5.69 Å². The van der Waals surface area contributed by atoms with Crippen LogP contribution < -0.4 is 5.32 Å². The van der Waals surface area contributed by atoms with Gasteiger partial charge in [0.15, 0.2) is 0 Å². The van der Waals surface area contributed by atoms with Crippen molar-refractivity contribution >= 4 is 40.0 Å². The quantitative estimate of drug-likeness (QED) is 0.861. The van der Waals surface area contributed by atoms with E-state index in [0.717, 1.165) is 5.39 Å². The first-order chi connectivity index (χ1) is 7.99. The van der Waals surface area contributed by atoms with Gasteiger partial charge in [0, 0.05) is 11.4 Å². The molecule has 2 aromatic rings. The molecule has 5 heteroatoms. The van der Waals surface area contributed by atoms with Gasteiger partial charge in [-0.05, 0) is 32.0 Å². The number of carbonyl (C=O) groups excluding carboxylic acids is 1. The molecule has 1 heterocycles. The highest BCUT2D eigenvalue weighted by Gasteiger charge is 2.13. The number of halogens is 2. The molecular weight excluding hydrogens is 259 g/mol. The first-order valence-electron chi connectivity index (χ1n) is 5.26. The lowest BCUT2D eigenvalue weighted by Gasteiger charge is -2.05. The maximum Gasteiger partial charge on any atom is 0.267 e. The predicted molar refractivity (Wildman–Crippen MR) is 70.9 cm³/mol. The number of H-pyrrole nitrogens is 1. The smallest absolute Gasteiger partial charge is 0.267 e. The van der Waals surface area contributed by atoms with Crippen LogP contribution in [0.1, 0.15) is 24.3 Å². The van der Waals surface area contributed by atoms with Gasteiger partial charge in [-0.15, -0.1) is 0 Å². The summed E-state index contributed by atoms with van der Waals surface area (Å²) in [4.78, 5) is 14.8. The van der Waals surface area contributed by atoms with E-state index in [4.69, 9.17) is 23.2 Å². The molecule has 0 saturated carbocycles. The third-order valence-electron chi connectivity index (χ3n) is 2.35. The van der Waals surface area contributed by atoms with Crippen molar-refractivity contribution in [2.75, 3.05) is 0 Å². The lowest BCUT2D eigenvalue weighted by atomic mass is 10.2. The number of fused-ring (bicyclic) bond motifs is 1. The highest BCUT2D eigenvalue weighted by molar-refractivity contribution is 6.40. The van der Waals surface area contributed by atoms with Gasteiger partial charge in [0.2, 0.25) is 0 Å². The van der Waals surface area contributed by atoms with Gasteiger partial charge >= 0.3 is 0 Å². The maximum absolute atomic E-state index is 11.8. The Balaban J connectivity index is 2.48. The first-order valence-corrected chi connectivity index (χ1v) is 6.02. The number of hydrogen-bond acceptors (Lipinski definition) is 1. The van der Waals surface area contributed by atoms with Crippen molar-refractivity contribution in [2.45, 2.75) is 19.9 Å². The Morgan fingerprint density at radius 3 is 2.53 bits per heavy atom. The second kappa shape index (κ2) is 4.59. The lowest BCUT2D eigenvalue weighted by Crippen LogP contribution is -2.30. The minimum Gasteiger partial charge on any atom is -0.349 e. The molecule has 0 spiro atoms. The summed E-state index contributed by atoms with van der Waals surface area (Å²) in [6.07, 6.45) is 0. The summed E-state index contributed by atoms with van der Waals surface area (Å²) in [5.41, 5.74) is 1.15. The molecule has 90 valence electrons. The normalized spacial score (nSPS) is 11.1. The Morgan fingerprint density at radius 2 is 1.94 bits per heavy atom. The van der Waals surface area contributed by atoms with Crippen LogP contribution in [0.2, 0.25) is 10.0 Å². The van der Waals surface area contributed by atoms with Gasteiger partial charge in [-0.2, -0.15) is 0 Å². The van der Waals surface area contributed by atoms with E-state index in [1.54, 1.807) is 18.2 Å². The summed E-state index contributed by atoms with van der Waals surface area (Å²) >= 11 is 12.1. The van der Waals surface area contributed by atoms with Crippen LogP contribution in [0.5, 0.6) is 0 Å². The van der Waals surface area contributed by atoms with Crippen LogP contribution >= 0.6 is 23.2 Å². The first kappa shape index (κ1) is 12.3. The minimum atomic E-state index is -0.164. The molecule has 1 aromatic heterocycles. The van der Waals surface area contributed by atoms with E-state index < -0.39 is 0 Å². The van der Waals surface area contributed by atoms with Crippen LogP contribution in [0.15, 0.2) is 18.2 Å². The molecule has 0 radical (unpaired) electrons. The van der Waals surface area contributed by atoms with Crippen molar-refractivity contribution < 1.29 is 4.79 Å². The summed E-state index contributed by atoms with van der Waals surface area (Å²) in [7, 11) is 0. The number of aromatic nitrogens is 1. The van der Waals surface area contributed by atoms with E-state index in [0.29, 0.717) is 21.3 Å². The van der Waals surface area contributed by atoms with Crippen molar-refractivity contribution in [3.63, 3.8) is 0 Å². The van der Waals surface area contributed by atoms with Gasteiger partial charge in [0.25, 0.3) is 5.91 Å². The molecule has 3 nitrogen and oxygen atoms in total. The summed E-state index contributed by atoms with van der Waals surface area (Å²) in [6, 6.07) is 5.21. The van der Waals surface area contributed by atoms with Crippen LogP contribution in [0.4, 0.5) is 0 Å². The third-order valence-corrected chi connectivity index (χ3v) is 3.00. The SMILES string of the molecule is CC(C)NC(=O)c1cc2c(Cl)ccc(Cl)c2[nH]1. The van der Waals surface area contributed by atoms with Gasteiger partial charge in [0.05, 0.1) is 15.6 Å². The third kappa shape index (κ3) is 2.40. The molecule has 1 amide bonds. The van der Waals surface area contributed by atoms with Crippen LogP contribution in [0.3, 0.4) is 0 Å². The van der Waals surface area contributed by atoms with Crippen LogP contribution in [0.25, 0.3) is 10.9 Å². The topological polar surface area (TPSA) is 44.9 Å². The molecule has 17 heavy (non-hydrogen) atoms. The van der Waals surface area contributed by atoms with Crippen molar-refractivity contribution in [1.29, 1.82) is 0 Å². The molecule has 1 aromatic carbocycles. The van der Waals surface area contributed by atoms with E-state index in [9.17, 15) is 4.79 Å². The average molecular weight is 271 g/mol. The van der Waals surface area contributed by atoms with Crippen LogP contribution in [0, 0.1) is 0 Å². The second-order valence-electron chi connectivity index (χ2n) is 4.13. The van der Waals surface area contributed by atoms with Gasteiger partial charge in [-0.3, -0.25) is 4.79 Å². The molecule has 2 N–H and O–H groups in total. The average Bonchev–Trinajstić information content (AvgIpc) is 2.68. The number of amides is 1. The Hall–Kier alpha value is -1.19. The predicted octanol–water partition coefficient (Wildman–Crippen LogP) is 3.61. The Labute approximate surface area is 109 Å². The number of aromatic amines is 1. The summed E-state index contributed by atoms with van der Waals surface area (Å²) in [5, 5.41) is 4.68. The highest BCUT2D eigenvalue weighted by atomic mass is 35.5. The molecule has 0 fully saturated rings. The largest absolute Gasteiger partial charge is 0.349 e. The minimum absolute atomic E-state index is 0.0832. The summed E-state index contributed by atoms with van der Waals surface area (Å²) in [5.74, 6) is -0.164. The Kier molecular flexibility index (Phi) is 3.31. The number of hydrogen-bond donors (Lipinski definition) is 2. The highest BCUT2D eigenvalue weighted by Crippen LogP contribution is 2.29. The van der Waals surface area contributed by atoms with Crippen molar-refractivity contribution in [2.24, 2.45) is 0 Å². The number of nitrogens with one attached hydrogen (secondary N) is 2. The number of benzene rings is 1. The molecule has 0 unspecified atom stereocenters. The molecule has 0 aliphatic carbocycles. The Bertz CT molecular complexity index is 536. The molecule has 0 bridgehead atoms. The fourth-order valence-electron chi connectivity index (χ4n) is 1.61. The second-order valence-corrected chi connectivity index (χ2v) is 4.94.